The van der Waals surface area contributed by atoms with Crippen molar-refractivity contribution in [3.8, 4) is 0 Å². The van der Waals surface area contributed by atoms with Crippen molar-refractivity contribution in [1.29, 1.82) is 0 Å². The molecule has 0 radical (unpaired) electrons. The molecule has 7 nitrogen and oxygen atoms in total. The number of aromatic nitrogens is 2. The van der Waals surface area contributed by atoms with Gasteiger partial charge in [-0.1, -0.05) is 43.2 Å². The molecular weight excluding hydrogens is 354 g/mol. The number of amides is 2. The van der Waals surface area contributed by atoms with Crippen LogP contribution in [0.25, 0.3) is 0 Å². The fourth-order valence-corrected chi connectivity index (χ4v) is 3.88. The maximum Gasteiger partial charge on any atom is 0.243 e. The Labute approximate surface area is 164 Å². The smallest absolute Gasteiger partial charge is 0.243 e. The third-order valence-electron chi connectivity index (χ3n) is 5.37. The summed E-state index contributed by atoms with van der Waals surface area (Å²) in [6.45, 7) is 0.569. The quantitative estimate of drug-likeness (QED) is 0.836. The van der Waals surface area contributed by atoms with Crippen LogP contribution in [0.2, 0.25) is 0 Å². The highest BCUT2D eigenvalue weighted by molar-refractivity contribution is 6.02. The lowest BCUT2D eigenvalue weighted by atomic mass is 10.1. The first kappa shape index (κ1) is 18.4. The fourth-order valence-electron chi connectivity index (χ4n) is 3.88. The zero-order valence-electron chi connectivity index (χ0n) is 15.9. The molecule has 1 aromatic heterocycles. The molecular formula is C21H25N5O2. The third kappa shape index (κ3) is 4.13. The van der Waals surface area contributed by atoms with Crippen LogP contribution in [-0.4, -0.2) is 38.9 Å². The molecule has 0 unspecified atom stereocenters. The minimum atomic E-state index is -0.167. The highest BCUT2D eigenvalue weighted by Crippen LogP contribution is 2.31. The standard InChI is InChI=1S/C21H25N5O2/c27-20(23-19-12-14-22-26(19)17-8-4-5-9-17)10-11-21(28)25-15-13-18(24-25)16-6-2-1-3-7-16/h1-3,6-7,12,14,17H,4-5,8-11,13,15H2,(H,23,27). The predicted octanol–water partition coefficient (Wildman–Crippen LogP) is 3.35. The van der Waals surface area contributed by atoms with Crippen molar-refractivity contribution in [2.24, 2.45) is 5.10 Å². The molecule has 0 saturated heterocycles. The summed E-state index contributed by atoms with van der Waals surface area (Å²) < 4.78 is 1.91. The lowest BCUT2D eigenvalue weighted by Gasteiger charge is -2.15. The number of benzene rings is 1. The van der Waals surface area contributed by atoms with Gasteiger partial charge in [-0.25, -0.2) is 9.69 Å². The zero-order chi connectivity index (χ0) is 19.3. The van der Waals surface area contributed by atoms with Crippen LogP contribution in [0, 0.1) is 0 Å². The van der Waals surface area contributed by atoms with Crippen LogP contribution in [0.3, 0.4) is 0 Å². The Morgan fingerprint density at radius 1 is 1.07 bits per heavy atom. The molecule has 28 heavy (non-hydrogen) atoms. The van der Waals surface area contributed by atoms with E-state index in [1.54, 1.807) is 6.20 Å². The van der Waals surface area contributed by atoms with Gasteiger partial charge in [-0.05, 0) is 18.4 Å². The summed E-state index contributed by atoms with van der Waals surface area (Å²) >= 11 is 0. The van der Waals surface area contributed by atoms with E-state index in [0.717, 1.165) is 36.4 Å². The molecule has 0 spiro atoms. The van der Waals surface area contributed by atoms with Crippen LogP contribution in [0.15, 0.2) is 47.7 Å². The lowest BCUT2D eigenvalue weighted by molar-refractivity contribution is -0.132. The normalized spacial score (nSPS) is 17.0. The van der Waals surface area contributed by atoms with E-state index >= 15 is 0 Å². The molecule has 2 heterocycles. The summed E-state index contributed by atoms with van der Waals surface area (Å²) in [5.41, 5.74) is 1.95. The minimum Gasteiger partial charge on any atom is -0.311 e. The van der Waals surface area contributed by atoms with E-state index in [-0.39, 0.29) is 24.7 Å². The van der Waals surface area contributed by atoms with Gasteiger partial charge in [0.2, 0.25) is 11.8 Å². The molecule has 4 rings (SSSR count). The highest BCUT2D eigenvalue weighted by Gasteiger charge is 2.23. The third-order valence-corrected chi connectivity index (χ3v) is 5.37. The molecule has 0 bridgehead atoms. The van der Waals surface area contributed by atoms with Crippen molar-refractivity contribution in [3.05, 3.63) is 48.2 Å². The van der Waals surface area contributed by atoms with Gasteiger partial charge in [0.1, 0.15) is 5.82 Å². The molecule has 7 heteroatoms. The highest BCUT2D eigenvalue weighted by atomic mass is 16.2. The Bertz CT molecular complexity index is 868. The summed E-state index contributed by atoms with van der Waals surface area (Å²) in [5.74, 6) is 0.430. The Morgan fingerprint density at radius 2 is 1.86 bits per heavy atom. The van der Waals surface area contributed by atoms with Crippen molar-refractivity contribution in [2.75, 3.05) is 11.9 Å². The van der Waals surface area contributed by atoms with Crippen molar-refractivity contribution < 1.29 is 9.59 Å². The molecule has 1 fully saturated rings. The second-order valence-electron chi connectivity index (χ2n) is 7.33. The second kappa shape index (κ2) is 8.37. The number of carbonyl (C=O) groups is 2. The van der Waals surface area contributed by atoms with Crippen molar-refractivity contribution in [2.45, 2.75) is 51.0 Å². The monoisotopic (exact) mass is 379 g/mol. The number of rotatable bonds is 6. The van der Waals surface area contributed by atoms with Gasteiger partial charge in [-0.2, -0.15) is 10.2 Å². The van der Waals surface area contributed by atoms with Crippen LogP contribution < -0.4 is 5.32 Å². The van der Waals surface area contributed by atoms with Gasteiger partial charge in [-0.3, -0.25) is 9.59 Å². The number of hydrazone groups is 1. The average Bonchev–Trinajstić information content (AvgIpc) is 3.47. The van der Waals surface area contributed by atoms with E-state index in [4.69, 9.17) is 0 Å². The summed E-state index contributed by atoms with van der Waals surface area (Å²) in [5, 5.41) is 13.2. The maximum atomic E-state index is 12.4. The largest absolute Gasteiger partial charge is 0.311 e. The van der Waals surface area contributed by atoms with Crippen molar-refractivity contribution in [1.82, 2.24) is 14.8 Å². The molecule has 0 atom stereocenters. The van der Waals surface area contributed by atoms with Crippen LogP contribution >= 0.6 is 0 Å². The van der Waals surface area contributed by atoms with E-state index in [1.807, 2.05) is 41.1 Å². The van der Waals surface area contributed by atoms with Gasteiger partial charge >= 0.3 is 0 Å². The second-order valence-corrected chi connectivity index (χ2v) is 7.33. The Morgan fingerprint density at radius 3 is 2.64 bits per heavy atom. The summed E-state index contributed by atoms with van der Waals surface area (Å²) in [7, 11) is 0. The molecule has 1 aliphatic heterocycles. The summed E-state index contributed by atoms with van der Waals surface area (Å²) in [6, 6.07) is 12.0. The van der Waals surface area contributed by atoms with Crippen LogP contribution in [-0.2, 0) is 9.59 Å². The average molecular weight is 379 g/mol. The number of hydrogen-bond donors (Lipinski definition) is 1. The van der Waals surface area contributed by atoms with Crippen LogP contribution in [0.1, 0.15) is 56.6 Å². The van der Waals surface area contributed by atoms with Gasteiger partial charge in [0.05, 0.1) is 24.5 Å². The lowest BCUT2D eigenvalue weighted by Crippen LogP contribution is -2.25. The van der Waals surface area contributed by atoms with Gasteiger partial charge in [0, 0.05) is 25.3 Å². The van der Waals surface area contributed by atoms with Crippen LogP contribution in [0.5, 0.6) is 0 Å². The van der Waals surface area contributed by atoms with Crippen molar-refractivity contribution >= 4 is 23.3 Å². The topological polar surface area (TPSA) is 79.6 Å². The zero-order valence-corrected chi connectivity index (χ0v) is 15.9. The first-order valence-corrected chi connectivity index (χ1v) is 9.97. The number of anilines is 1. The molecule has 146 valence electrons. The van der Waals surface area contributed by atoms with E-state index < -0.39 is 0 Å². The van der Waals surface area contributed by atoms with E-state index in [0.29, 0.717) is 12.6 Å². The van der Waals surface area contributed by atoms with Crippen LogP contribution in [0.4, 0.5) is 5.82 Å². The number of nitrogens with one attached hydrogen (secondary N) is 1. The van der Waals surface area contributed by atoms with Gasteiger partial charge in [-0.15, -0.1) is 0 Å². The SMILES string of the molecule is O=C(CCC(=O)N1CCC(c2ccccc2)=N1)Nc1ccnn1C1CCCC1. The molecule has 1 aromatic carbocycles. The first-order chi connectivity index (χ1) is 13.7. The van der Waals surface area contributed by atoms with Crippen molar-refractivity contribution in [3.63, 3.8) is 0 Å². The fraction of sp³-hybridized carbons (Fsp3) is 0.429. The molecule has 1 saturated carbocycles. The van der Waals surface area contributed by atoms with Gasteiger partial charge in [0.25, 0.3) is 0 Å². The number of nitrogens with zero attached hydrogens (tertiary/aromatic N) is 4. The first-order valence-electron chi connectivity index (χ1n) is 9.97. The van der Waals surface area contributed by atoms with E-state index in [9.17, 15) is 9.59 Å². The minimum absolute atomic E-state index is 0.120. The van der Waals surface area contributed by atoms with Gasteiger partial charge in [0.15, 0.2) is 0 Å². The van der Waals surface area contributed by atoms with Gasteiger partial charge < -0.3 is 5.32 Å². The molecule has 1 N–H and O–H groups in total. The molecule has 1 aliphatic carbocycles. The Kier molecular flexibility index (Phi) is 5.50. The number of hydrogen-bond acceptors (Lipinski definition) is 4. The van der Waals surface area contributed by atoms with E-state index in [1.165, 1.54) is 17.9 Å². The molecule has 2 aliphatic rings. The predicted molar refractivity (Wildman–Crippen MR) is 107 cm³/mol. The molecule has 2 aromatic rings. The summed E-state index contributed by atoms with van der Waals surface area (Å²) in [4.78, 5) is 24.8. The molecule has 2 amide bonds. The Balaban J connectivity index is 1.29. The number of carbonyl (C=O) groups excluding carboxylic acids is 2. The van der Waals surface area contributed by atoms with E-state index in [2.05, 4.69) is 15.5 Å². The Hall–Kier alpha value is -2.96. The maximum absolute atomic E-state index is 12.4. The summed E-state index contributed by atoms with van der Waals surface area (Å²) in [6.07, 6.45) is 7.34.